The number of nitrogens with zero attached hydrogens (tertiary/aromatic N) is 1. The molecule has 0 aliphatic rings. The largest absolute Gasteiger partial charge is 0.497 e. The second-order valence-electron chi connectivity index (χ2n) is 6.97. The van der Waals surface area contributed by atoms with Crippen molar-refractivity contribution in [1.82, 2.24) is 4.98 Å². The first-order valence-electron chi connectivity index (χ1n) is 9.35. The lowest BCUT2D eigenvalue weighted by Gasteiger charge is -2.12. The lowest BCUT2D eigenvalue weighted by atomic mass is 10.1. The summed E-state index contributed by atoms with van der Waals surface area (Å²) in [6.45, 7) is 7.69. The van der Waals surface area contributed by atoms with E-state index < -0.39 is 6.03 Å². The average Bonchev–Trinajstić information content (AvgIpc) is 3.04. The number of aromatic nitrogens is 1. The summed E-state index contributed by atoms with van der Waals surface area (Å²) in [5.41, 5.74) is 5.08. The van der Waals surface area contributed by atoms with Crippen LogP contribution in [0, 0.1) is 27.7 Å². The normalized spacial score (nSPS) is 10.4. The fraction of sp³-hybridized carbons (Fsp3) is 0.227. The van der Waals surface area contributed by atoms with Crippen LogP contribution in [0.3, 0.4) is 0 Å². The van der Waals surface area contributed by atoms with Gasteiger partial charge in [-0.1, -0.05) is 35.1 Å². The fourth-order valence-electron chi connectivity index (χ4n) is 3.17. The number of urea groups is 1. The van der Waals surface area contributed by atoms with Crippen molar-refractivity contribution in [2.24, 2.45) is 0 Å². The molecule has 3 N–H and O–H groups in total. The first-order valence-corrected chi connectivity index (χ1v) is 10.2. The third-order valence-corrected chi connectivity index (χ3v) is 5.54. The summed E-state index contributed by atoms with van der Waals surface area (Å²) in [4.78, 5) is 29.8. The molecule has 1 aromatic heterocycles. The molecule has 0 radical (unpaired) electrons. The maximum absolute atomic E-state index is 12.8. The Morgan fingerprint density at radius 2 is 1.67 bits per heavy atom. The summed E-state index contributed by atoms with van der Waals surface area (Å²) in [6, 6.07) is 10.6. The zero-order valence-corrected chi connectivity index (χ0v) is 18.4. The molecule has 3 amide bonds. The number of benzene rings is 2. The van der Waals surface area contributed by atoms with E-state index in [4.69, 9.17) is 4.74 Å². The van der Waals surface area contributed by atoms with Crippen LogP contribution in [-0.4, -0.2) is 24.0 Å². The number of carbonyl (C=O) groups excluding carboxylic acids is 2. The Kier molecular flexibility index (Phi) is 6.37. The molecular formula is C22H24N4O3S. The summed E-state index contributed by atoms with van der Waals surface area (Å²) >= 11 is 1.13. The molecule has 0 saturated carbocycles. The standard InChI is InChI=1S/C22H24N4O3S/c1-12-9-13(2)18(14(3)10-12)25-20(27)19-15(4)23-22(30-19)26-21(28)24-16-7-6-8-17(11-16)29-5/h6-11H,1-5H3,(H,25,27)(H2,23,24,26,28). The Labute approximate surface area is 179 Å². The summed E-state index contributed by atoms with van der Waals surface area (Å²) in [7, 11) is 1.56. The van der Waals surface area contributed by atoms with Gasteiger partial charge < -0.3 is 15.4 Å². The number of anilines is 3. The van der Waals surface area contributed by atoms with Gasteiger partial charge in [-0.15, -0.1) is 0 Å². The summed E-state index contributed by atoms with van der Waals surface area (Å²) in [5.74, 6) is 0.389. The second kappa shape index (κ2) is 8.96. The number of aryl methyl sites for hydroxylation is 4. The predicted molar refractivity (Wildman–Crippen MR) is 121 cm³/mol. The van der Waals surface area contributed by atoms with Crippen molar-refractivity contribution in [3.8, 4) is 5.75 Å². The van der Waals surface area contributed by atoms with Gasteiger partial charge in [0, 0.05) is 17.4 Å². The van der Waals surface area contributed by atoms with Gasteiger partial charge in [0.25, 0.3) is 5.91 Å². The lowest BCUT2D eigenvalue weighted by Crippen LogP contribution is -2.19. The first kappa shape index (κ1) is 21.3. The molecule has 0 aliphatic carbocycles. The van der Waals surface area contributed by atoms with Crippen molar-refractivity contribution in [1.29, 1.82) is 0 Å². The Morgan fingerprint density at radius 3 is 2.33 bits per heavy atom. The molecule has 0 atom stereocenters. The minimum atomic E-state index is -0.450. The van der Waals surface area contributed by atoms with Gasteiger partial charge >= 0.3 is 6.03 Å². The number of hydrogen-bond acceptors (Lipinski definition) is 5. The van der Waals surface area contributed by atoms with Crippen LogP contribution < -0.4 is 20.7 Å². The summed E-state index contributed by atoms with van der Waals surface area (Å²) in [5, 5.41) is 8.71. The highest BCUT2D eigenvalue weighted by molar-refractivity contribution is 7.17. The molecule has 0 spiro atoms. The number of methoxy groups -OCH3 is 1. The molecule has 3 aromatic rings. The third-order valence-electron chi connectivity index (χ3n) is 4.47. The highest BCUT2D eigenvalue weighted by Crippen LogP contribution is 2.27. The number of carbonyl (C=O) groups is 2. The minimum Gasteiger partial charge on any atom is -0.497 e. The number of ether oxygens (including phenoxy) is 1. The molecule has 8 heteroatoms. The molecule has 7 nitrogen and oxygen atoms in total. The van der Waals surface area contributed by atoms with E-state index in [1.54, 1.807) is 38.3 Å². The van der Waals surface area contributed by atoms with Crippen molar-refractivity contribution in [2.45, 2.75) is 27.7 Å². The highest BCUT2D eigenvalue weighted by Gasteiger charge is 2.18. The molecular weight excluding hydrogens is 400 g/mol. The van der Waals surface area contributed by atoms with Crippen LogP contribution in [-0.2, 0) is 0 Å². The fourth-order valence-corrected chi connectivity index (χ4v) is 4.03. The van der Waals surface area contributed by atoms with Crippen LogP contribution in [0.4, 0.5) is 21.3 Å². The molecule has 1 heterocycles. The van der Waals surface area contributed by atoms with E-state index >= 15 is 0 Å². The van der Waals surface area contributed by atoms with Crippen molar-refractivity contribution in [3.05, 3.63) is 63.7 Å². The molecule has 30 heavy (non-hydrogen) atoms. The van der Waals surface area contributed by atoms with Gasteiger partial charge in [-0.25, -0.2) is 9.78 Å². The van der Waals surface area contributed by atoms with Crippen molar-refractivity contribution in [2.75, 3.05) is 23.1 Å². The number of thiazole rings is 1. The molecule has 0 aliphatic heterocycles. The zero-order valence-electron chi connectivity index (χ0n) is 17.5. The van der Waals surface area contributed by atoms with Crippen molar-refractivity contribution < 1.29 is 14.3 Å². The van der Waals surface area contributed by atoms with Crippen LogP contribution in [0.1, 0.15) is 32.1 Å². The molecule has 0 fully saturated rings. The Bertz CT molecular complexity index is 1080. The Balaban J connectivity index is 1.70. The lowest BCUT2D eigenvalue weighted by molar-refractivity contribution is 0.102. The average molecular weight is 425 g/mol. The van der Waals surface area contributed by atoms with Gasteiger partial charge in [0.05, 0.1) is 12.8 Å². The van der Waals surface area contributed by atoms with Crippen molar-refractivity contribution in [3.63, 3.8) is 0 Å². The van der Waals surface area contributed by atoms with E-state index in [1.165, 1.54) is 0 Å². The summed E-state index contributed by atoms with van der Waals surface area (Å²) in [6.07, 6.45) is 0. The predicted octanol–water partition coefficient (Wildman–Crippen LogP) is 5.28. The van der Waals surface area contributed by atoms with E-state index in [-0.39, 0.29) is 5.91 Å². The van der Waals surface area contributed by atoms with Crippen LogP contribution in [0.5, 0.6) is 5.75 Å². The van der Waals surface area contributed by atoms with Gasteiger partial charge in [0.1, 0.15) is 10.6 Å². The molecule has 0 bridgehead atoms. The van der Waals surface area contributed by atoms with E-state index in [9.17, 15) is 9.59 Å². The zero-order chi connectivity index (χ0) is 21.8. The van der Waals surface area contributed by atoms with Gasteiger partial charge in [0.2, 0.25) is 0 Å². The van der Waals surface area contributed by atoms with E-state index in [0.29, 0.717) is 27.1 Å². The van der Waals surface area contributed by atoms with Crippen molar-refractivity contribution >= 4 is 39.8 Å². The number of amides is 3. The third kappa shape index (κ3) is 4.96. The first-order chi connectivity index (χ1) is 14.3. The maximum atomic E-state index is 12.8. The number of nitrogens with one attached hydrogen (secondary N) is 3. The molecule has 3 rings (SSSR count). The Morgan fingerprint density at radius 1 is 0.967 bits per heavy atom. The molecule has 2 aromatic carbocycles. The second-order valence-corrected chi connectivity index (χ2v) is 7.97. The maximum Gasteiger partial charge on any atom is 0.325 e. The van der Waals surface area contributed by atoms with E-state index in [2.05, 4.69) is 20.9 Å². The van der Waals surface area contributed by atoms with Gasteiger partial charge in [-0.2, -0.15) is 0 Å². The highest BCUT2D eigenvalue weighted by atomic mass is 32.1. The topological polar surface area (TPSA) is 92.3 Å². The van der Waals surface area contributed by atoms with Gasteiger partial charge in [-0.05, 0) is 51.0 Å². The summed E-state index contributed by atoms with van der Waals surface area (Å²) < 4.78 is 5.15. The van der Waals surface area contributed by atoms with Crippen LogP contribution in [0.25, 0.3) is 0 Å². The smallest absolute Gasteiger partial charge is 0.325 e. The van der Waals surface area contributed by atoms with Crippen LogP contribution in [0.2, 0.25) is 0 Å². The molecule has 0 saturated heterocycles. The van der Waals surface area contributed by atoms with Crippen LogP contribution >= 0.6 is 11.3 Å². The van der Waals surface area contributed by atoms with E-state index in [1.807, 2.05) is 32.9 Å². The Hall–Kier alpha value is -3.39. The SMILES string of the molecule is COc1cccc(NC(=O)Nc2nc(C)c(C(=O)Nc3c(C)cc(C)cc3C)s2)c1. The number of rotatable bonds is 5. The van der Waals surface area contributed by atoms with Crippen LogP contribution in [0.15, 0.2) is 36.4 Å². The van der Waals surface area contributed by atoms with E-state index in [0.717, 1.165) is 33.7 Å². The quantitative estimate of drug-likeness (QED) is 0.519. The minimum absolute atomic E-state index is 0.249. The monoisotopic (exact) mass is 424 g/mol. The molecule has 156 valence electrons. The van der Waals surface area contributed by atoms with Gasteiger partial charge in [0.15, 0.2) is 5.13 Å². The van der Waals surface area contributed by atoms with Gasteiger partial charge in [-0.3, -0.25) is 10.1 Å². The molecule has 0 unspecified atom stereocenters. The number of hydrogen-bond donors (Lipinski definition) is 3.